The van der Waals surface area contributed by atoms with Crippen LogP contribution >= 0.6 is 11.6 Å². The summed E-state index contributed by atoms with van der Waals surface area (Å²) < 4.78 is 1.39. The standard InChI is InChI=1S/C4H8Cl.Hg/c1-3-4(2)5;/h4H,1,3H2,2H3;/q;+1. The van der Waals surface area contributed by atoms with Gasteiger partial charge in [0.15, 0.2) is 0 Å². The number of hydrogen-bond donors (Lipinski definition) is 0. The summed E-state index contributed by atoms with van der Waals surface area (Å²) in [4.78, 5) is 0. The topological polar surface area (TPSA) is 0 Å². The zero-order chi connectivity index (χ0) is 4.99. The van der Waals surface area contributed by atoms with Crippen molar-refractivity contribution in [2.75, 3.05) is 0 Å². The molecule has 0 fully saturated rings. The quantitative estimate of drug-likeness (QED) is 0.539. The first kappa shape index (κ1) is 7.23. The van der Waals surface area contributed by atoms with Gasteiger partial charge in [0, 0.05) is 0 Å². The van der Waals surface area contributed by atoms with Crippen molar-refractivity contribution in [2.24, 2.45) is 0 Å². The molecular weight excluding hydrogens is 284 g/mol. The Morgan fingerprint density at radius 3 is 2.33 bits per heavy atom. The Hall–Kier alpha value is 1.23. The van der Waals surface area contributed by atoms with Gasteiger partial charge in [-0.1, -0.05) is 0 Å². The summed E-state index contributed by atoms with van der Waals surface area (Å²) >= 11 is 6.58. The van der Waals surface area contributed by atoms with E-state index >= 15 is 0 Å². The summed E-state index contributed by atoms with van der Waals surface area (Å²) in [6.07, 6.45) is 1.23. The molecule has 0 N–H and O–H groups in total. The Balaban J connectivity index is 2.63. The van der Waals surface area contributed by atoms with E-state index in [9.17, 15) is 0 Å². The second-order valence-electron chi connectivity index (χ2n) is 1.42. The first-order chi connectivity index (χ1) is 2.77. The van der Waals surface area contributed by atoms with Crippen LogP contribution in [0.5, 0.6) is 0 Å². The Bertz CT molecular complexity index is 28.7. The first-order valence-corrected chi connectivity index (χ1v) is 6.53. The van der Waals surface area contributed by atoms with Crippen LogP contribution in [0.15, 0.2) is 0 Å². The molecule has 0 heterocycles. The molecule has 0 nitrogen and oxygen atoms in total. The van der Waals surface area contributed by atoms with Crippen molar-refractivity contribution < 1.29 is 26.1 Å². The van der Waals surface area contributed by atoms with Crippen molar-refractivity contribution in [1.82, 2.24) is 0 Å². The van der Waals surface area contributed by atoms with Gasteiger partial charge in [-0.05, 0) is 0 Å². The van der Waals surface area contributed by atoms with Crippen LogP contribution in [0.4, 0.5) is 0 Å². The predicted molar refractivity (Wildman–Crippen MR) is 24.7 cm³/mol. The van der Waals surface area contributed by atoms with Gasteiger partial charge in [-0.15, -0.1) is 0 Å². The minimum atomic E-state index is 0.419. The zero-order valence-electron chi connectivity index (χ0n) is 4.08. The van der Waals surface area contributed by atoms with Crippen LogP contribution < -0.4 is 0 Å². The molecule has 0 amide bonds. The van der Waals surface area contributed by atoms with Gasteiger partial charge in [-0.2, -0.15) is 0 Å². The fourth-order valence-electron chi connectivity index (χ4n) is 0.281. The van der Waals surface area contributed by atoms with Crippen molar-refractivity contribution in [3.8, 4) is 0 Å². The van der Waals surface area contributed by atoms with Gasteiger partial charge < -0.3 is 0 Å². The van der Waals surface area contributed by atoms with Crippen molar-refractivity contribution in [2.45, 2.75) is 22.7 Å². The summed E-state index contributed by atoms with van der Waals surface area (Å²) in [5, 5.41) is 0.419. The van der Waals surface area contributed by atoms with Crippen molar-refractivity contribution in [1.29, 1.82) is 0 Å². The maximum absolute atomic E-state index is 5.61. The molecule has 2 heteroatoms. The van der Waals surface area contributed by atoms with Gasteiger partial charge in [-0.3, -0.25) is 0 Å². The molecule has 0 aromatic carbocycles. The van der Waals surface area contributed by atoms with E-state index in [-0.39, 0.29) is 0 Å². The summed E-state index contributed by atoms with van der Waals surface area (Å²) in [7, 11) is 0. The van der Waals surface area contributed by atoms with Crippen LogP contribution in [0.1, 0.15) is 13.3 Å². The van der Waals surface area contributed by atoms with Gasteiger partial charge in [0.05, 0.1) is 0 Å². The third-order valence-corrected chi connectivity index (χ3v) is 2.41. The van der Waals surface area contributed by atoms with E-state index in [2.05, 4.69) is 6.92 Å². The summed E-state index contributed by atoms with van der Waals surface area (Å²) in [5.74, 6) is 0. The van der Waals surface area contributed by atoms with Crippen molar-refractivity contribution in [3.63, 3.8) is 0 Å². The Morgan fingerprint density at radius 2 is 2.33 bits per heavy atom. The van der Waals surface area contributed by atoms with Crippen LogP contribution in [-0.4, -0.2) is 5.38 Å². The molecule has 0 radical (unpaired) electrons. The number of halogens is 1. The molecule has 0 aliphatic carbocycles. The van der Waals surface area contributed by atoms with Crippen LogP contribution in [-0.2, 0) is 26.1 Å². The number of hydrogen-bond acceptors (Lipinski definition) is 0. The molecule has 32 valence electrons. The van der Waals surface area contributed by atoms with E-state index < -0.39 is 0 Å². The van der Waals surface area contributed by atoms with E-state index in [0.29, 0.717) is 5.38 Å². The molecule has 0 aromatic rings. The fourth-order valence-corrected chi connectivity index (χ4v) is 3.82. The Morgan fingerprint density at radius 1 is 1.83 bits per heavy atom. The van der Waals surface area contributed by atoms with E-state index in [1.54, 1.807) is 0 Å². The second-order valence-corrected chi connectivity index (χ2v) is 4.92. The Kier molecular flexibility index (Phi) is 5.28. The van der Waals surface area contributed by atoms with E-state index in [1.807, 2.05) is 0 Å². The molecule has 0 saturated carbocycles. The molecule has 0 saturated heterocycles. The third kappa shape index (κ3) is 5.23. The molecule has 0 rings (SSSR count). The molecule has 1 unspecified atom stereocenters. The van der Waals surface area contributed by atoms with Gasteiger partial charge in [0.2, 0.25) is 0 Å². The molecular formula is C4H8ClHg+. The average molecular weight is 292 g/mol. The van der Waals surface area contributed by atoms with Crippen molar-refractivity contribution >= 4 is 11.6 Å². The van der Waals surface area contributed by atoms with Crippen LogP contribution in [0.2, 0.25) is 3.93 Å². The van der Waals surface area contributed by atoms with Crippen molar-refractivity contribution in [3.05, 3.63) is 0 Å². The molecule has 0 bridgehead atoms. The van der Waals surface area contributed by atoms with Crippen LogP contribution in [0, 0.1) is 0 Å². The summed E-state index contributed by atoms with van der Waals surface area (Å²) in [6.45, 7) is 2.05. The summed E-state index contributed by atoms with van der Waals surface area (Å²) in [6, 6.07) is 0. The van der Waals surface area contributed by atoms with Crippen LogP contribution in [0.3, 0.4) is 0 Å². The monoisotopic (exact) mass is 293 g/mol. The Labute approximate surface area is 60.2 Å². The SMILES string of the molecule is CC(Cl)C[CH2][Hg+]. The first-order valence-electron chi connectivity index (χ1n) is 2.20. The number of rotatable bonds is 2. The molecule has 0 aliphatic rings. The van der Waals surface area contributed by atoms with E-state index in [1.165, 1.54) is 10.4 Å². The second kappa shape index (κ2) is 4.39. The molecule has 0 aromatic heterocycles. The van der Waals surface area contributed by atoms with Gasteiger partial charge >= 0.3 is 60.4 Å². The maximum atomic E-state index is 5.61. The fraction of sp³-hybridized carbons (Fsp3) is 1.00. The zero-order valence-corrected chi connectivity index (χ0v) is 10.3. The van der Waals surface area contributed by atoms with Gasteiger partial charge in [0.1, 0.15) is 0 Å². The van der Waals surface area contributed by atoms with E-state index in [4.69, 9.17) is 11.6 Å². The minimum absolute atomic E-state index is 0.419. The number of alkyl halides is 1. The van der Waals surface area contributed by atoms with Gasteiger partial charge in [-0.25, -0.2) is 0 Å². The molecule has 6 heavy (non-hydrogen) atoms. The predicted octanol–water partition coefficient (Wildman–Crippen LogP) is 1.97. The normalized spacial score (nSPS) is 14.7. The summed E-state index contributed by atoms with van der Waals surface area (Å²) in [5.41, 5.74) is 0. The third-order valence-electron chi connectivity index (χ3n) is 0.602. The van der Waals surface area contributed by atoms with Gasteiger partial charge in [0.25, 0.3) is 0 Å². The van der Waals surface area contributed by atoms with Crippen LogP contribution in [0.25, 0.3) is 0 Å². The molecule has 0 spiro atoms. The average Bonchev–Trinajstić information content (AvgIpc) is 1.35. The molecule has 1 atom stereocenters. The van der Waals surface area contributed by atoms with E-state index in [0.717, 1.165) is 26.1 Å². The molecule has 0 aliphatic heterocycles.